The van der Waals surface area contributed by atoms with Gasteiger partial charge in [-0.1, -0.05) is 151 Å². The minimum absolute atomic E-state index is 0.0212. The smallest absolute Gasteiger partial charge is 0.166 e. The van der Waals surface area contributed by atoms with Crippen molar-refractivity contribution in [3.8, 4) is 62.1 Å². The van der Waals surface area contributed by atoms with Crippen molar-refractivity contribution in [2.24, 2.45) is 0 Å². The lowest BCUT2D eigenvalue weighted by Crippen LogP contribution is -2.04. The zero-order valence-corrected chi connectivity index (χ0v) is 25.7. The van der Waals surface area contributed by atoms with E-state index in [1.165, 1.54) is 16.7 Å². The molecule has 0 amide bonds. The minimum atomic E-state index is -0.565. The topological polar surface area (TPSA) is 43.6 Å². The van der Waals surface area contributed by atoms with E-state index in [2.05, 4.69) is 0 Å². The summed E-state index contributed by atoms with van der Waals surface area (Å²) in [6.45, 7) is 0. The average Bonchev–Trinajstić information content (AvgIpc) is 3.65. The molecule has 4 heteroatoms. The van der Waals surface area contributed by atoms with Crippen molar-refractivity contribution in [3.05, 3.63) is 182 Å². The molecule has 9 rings (SSSR count). The van der Waals surface area contributed by atoms with E-state index in [-0.39, 0.29) is 79.8 Å². The van der Waals surface area contributed by atoms with Crippen molar-refractivity contribution in [1.82, 2.24) is 19.5 Å². The van der Waals surface area contributed by atoms with Crippen LogP contribution in [-0.2, 0) is 0 Å². The van der Waals surface area contributed by atoms with Crippen LogP contribution in [0.2, 0.25) is 0 Å². The third-order valence-corrected chi connectivity index (χ3v) is 8.24. The lowest BCUT2D eigenvalue weighted by atomic mass is 10.0. The molecule has 7 aromatic carbocycles. The summed E-state index contributed by atoms with van der Waals surface area (Å²) in [6.07, 6.45) is 0. The van der Waals surface area contributed by atoms with Gasteiger partial charge in [0.15, 0.2) is 17.5 Å². The second kappa shape index (κ2) is 12.2. The van der Waals surface area contributed by atoms with Gasteiger partial charge in [-0.25, -0.2) is 15.0 Å². The summed E-state index contributed by atoms with van der Waals surface area (Å²) in [7, 11) is 0. The summed E-state index contributed by atoms with van der Waals surface area (Å²) in [5.74, 6) is 0.574. The molecule has 2 aromatic heterocycles. The van der Waals surface area contributed by atoms with Crippen LogP contribution >= 0.6 is 0 Å². The summed E-state index contributed by atoms with van der Waals surface area (Å²) in [6, 6.07) is 26.9. The second-order valence-corrected chi connectivity index (χ2v) is 11.2. The predicted octanol–water partition coefficient (Wildman–Crippen LogP) is 11.3. The lowest BCUT2D eigenvalue weighted by molar-refractivity contribution is 1.06. The summed E-state index contributed by atoms with van der Waals surface area (Å²) in [5, 5.41) is -0.0903. The standard InChI is InChI=1S/C45H30N4/c1-4-15-31(16-5-1)34-21-14-22-36(29-34)44-46-43(33-19-8-3-9-20-33)47-45(48-44)39-30-35(32-17-6-2-7-18-32)27-28-42(39)49-40-25-12-10-23-37(40)38-24-11-13-26-41(38)49/h1-30H/i2D,6D,7D,10D,11D,12D,17D,18D,23D,24D,25D,26D. The fourth-order valence-corrected chi connectivity index (χ4v) is 5.98. The molecule has 0 spiro atoms. The van der Waals surface area contributed by atoms with Gasteiger partial charge in [0.1, 0.15) is 0 Å². The molecule has 0 aliphatic carbocycles. The highest BCUT2D eigenvalue weighted by molar-refractivity contribution is 6.09. The quantitative estimate of drug-likeness (QED) is 0.182. The minimum Gasteiger partial charge on any atom is -0.309 e. The number of para-hydroxylation sites is 2. The molecular formula is C45H30N4. The van der Waals surface area contributed by atoms with E-state index in [4.69, 9.17) is 30.0 Å². The molecule has 0 saturated carbocycles. The van der Waals surface area contributed by atoms with Gasteiger partial charge in [-0.2, -0.15) is 0 Å². The molecule has 0 saturated heterocycles. The van der Waals surface area contributed by atoms with E-state index in [0.717, 1.165) is 11.1 Å². The number of hydrogen-bond acceptors (Lipinski definition) is 3. The van der Waals surface area contributed by atoms with Gasteiger partial charge < -0.3 is 4.57 Å². The molecule has 0 aliphatic heterocycles. The molecule has 9 aromatic rings. The first kappa shape index (κ1) is 18.6. The maximum absolute atomic E-state index is 9.17. The van der Waals surface area contributed by atoms with Gasteiger partial charge in [0.2, 0.25) is 0 Å². The van der Waals surface area contributed by atoms with Crippen LogP contribution in [0.25, 0.3) is 83.9 Å². The monoisotopic (exact) mass is 638 g/mol. The SMILES string of the molecule is [2H]c1cc([2H])c2c(c1[2H])c1c([2H])c([2H])c([2H])c([2H])c1n2-c1ccc(-c2c([2H])c([2H])c([2H])c([2H])c2[2H])cc1-c1nc(-c2ccccc2)nc(-c2cccc(-c3ccccc3)c2)n1. The van der Waals surface area contributed by atoms with Gasteiger partial charge >= 0.3 is 0 Å². The Morgan fingerprint density at radius 3 is 1.78 bits per heavy atom. The summed E-state index contributed by atoms with van der Waals surface area (Å²) in [5.41, 5.74) is 3.51. The first-order valence-electron chi connectivity index (χ1n) is 21.5. The fraction of sp³-hybridized carbons (Fsp3) is 0. The fourth-order valence-electron chi connectivity index (χ4n) is 5.98. The van der Waals surface area contributed by atoms with Crippen molar-refractivity contribution >= 4 is 21.8 Å². The first-order chi connectivity index (χ1) is 29.3. The van der Waals surface area contributed by atoms with Crippen LogP contribution in [0.15, 0.2) is 182 Å². The molecule has 4 nitrogen and oxygen atoms in total. The molecule has 230 valence electrons. The Bertz CT molecular complexity index is 3250. The van der Waals surface area contributed by atoms with Crippen LogP contribution < -0.4 is 0 Å². The Balaban J connectivity index is 1.44. The Labute approximate surface area is 301 Å². The molecule has 0 aliphatic rings. The van der Waals surface area contributed by atoms with Crippen molar-refractivity contribution in [1.29, 1.82) is 0 Å². The Morgan fingerprint density at radius 2 is 0.980 bits per heavy atom. The van der Waals surface area contributed by atoms with Crippen LogP contribution in [0, 0.1) is 0 Å². The lowest BCUT2D eigenvalue weighted by Gasteiger charge is -2.16. The highest BCUT2D eigenvalue weighted by Gasteiger charge is 2.20. The Morgan fingerprint density at radius 1 is 0.388 bits per heavy atom. The third kappa shape index (κ3) is 5.26. The van der Waals surface area contributed by atoms with Crippen molar-refractivity contribution in [3.63, 3.8) is 0 Å². The number of nitrogens with zero attached hydrogens (tertiary/aromatic N) is 4. The normalized spacial score (nSPS) is 14.7. The molecule has 0 atom stereocenters. The van der Waals surface area contributed by atoms with Crippen molar-refractivity contribution in [2.75, 3.05) is 0 Å². The number of hydrogen-bond donors (Lipinski definition) is 0. The maximum Gasteiger partial charge on any atom is 0.166 e. The zero-order valence-electron chi connectivity index (χ0n) is 37.7. The Kier molecular flexibility index (Phi) is 4.63. The van der Waals surface area contributed by atoms with E-state index in [9.17, 15) is 1.37 Å². The number of rotatable bonds is 6. The van der Waals surface area contributed by atoms with E-state index in [1.54, 1.807) is 12.1 Å². The van der Waals surface area contributed by atoms with Gasteiger partial charge in [-0.3, -0.25) is 0 Å². The molecular weight excluding hydrogens is 597 g/mol. The molecule has 0 unspecified atom stereocenters. The van der Waals surface area contributed by atoms with Crippen LogP contribution in [0.4, 0.5) is 0 Å². The summed E-state index contributed by atoms with van der Waals surface area (Å²) < 4.78 is 106. The summed E-state index contributed by atoms with van der Waals surface area (Å²) >= 11 is 0. The molecule has 0 bridgehead atoms. The van der Waals surface area contributed by atoms with E-state index >= 15 is 0 Å². The maximum atomic E-state index is 9.17. The van der Waals surface area contributed by atoms with Crippen LogP contribution in [0.5, 0.6) is 0 Å². The summed E-state index contributed by atoms with van der Waals surface area (Å²) in [4.78, 5) is 14.9. The van der Waals surface area contributed by atoms with Gasteiger partial charge in [0.25, 0.3) is 0 Å². The largest absolute Gasteiger partial charge is 0.309 e. The molecule has 0 fully saturated rings. The predicted molar refractivity (Wildman–Crippen MR) is 201 cm³/mol. The number of benzene rings is 7. The molecule has 49 heavy (non-hydrogen) atoms. The number of aromatic nitrogens is 4. The molecule has 2 heterocycles. The highest BCUT2D eigenvalue weighted by atomic mass is 15.1. The Hall–Kier alpha value is -6.65. The van der Waals surface area contributed by atoms with Crippen molar-refractivity contribution < 1.29 is 16.4 Å². The van der Waals surface area contributed by atoms with Gasteiger partial charge in [-0.05, 0) is 52.5 Å². The molecule has 0 radical (unpaired) electrons. The first-order valence-corrected chi connectivity index (χ1v) is 15.5. The number of fused-ring (bicyclic) bond motifs is 3. The van der Waals surface area contributed by atoms with E-state index in [0.29, 0.717) is 11.1 Å². The second-order valence-electron chi connectivity index (χ2n) is 11.2. The van der Waals surface area contributed by atoms with Crippen LogP contribution in [-0.4, -0.2) is 19.5 Å². The van der Waals surface area contributed by atoms with Crippen LogP contribution in [0.1, 0.15) is 16.4 Å². The highest BCUT2D eigenvalue weighted by Crippen LogP contribution is 2.38. The zero-order chi connectivity index (χ0) is 43.0. The average molecular weight is 639 g/mol. The molecule has 0 N–H and O–H groups in total. The van der Waals surface area contributed by atoms with Gasteiger partial charge in [0, 0.05) is 27.5 Å². The van der Waals surface area contributed by atoms with E-state index < -0.39 is 54.4 Å². The van der Waals surface area contributed by atoms with Crippen LogP contribution in [0.3, 0.4) is 0 Å². The van der Waals surface area contributed by atoms with E-state index in [1.807, 2.05) is 84.9 Å². The van der Waals surface area contributed by atoms with Gasteiger partial charge in [0.05, 0.1) is 33.2 Å². The van der Waals surface area contributed by atoms with Crippen molar-refractivity contribution in [2.45, 2.75) is 0 Å². The van der Waals surface area contributed by atoms with Gasteiger partial charge in [-0.15, -0.1) is 0 Å². The third-order valence-electron chi connectivity index (χ3n) is 8.24.